The molecular weight excluding hydrogens is 364 g/mol. The fraction of sp³-hybridized carbons (Fsp3) is 0.0870. The van der Waals surface area contributed by atoms with Gasteiger partial charge in [-0.15, -0.1) is 0 Å². The molecule has 3 rings (SSSR count). The minimum absolute atomic E-state index is 0.0475. The Morgan fingerprint density at radius 2 is 1.62 bits per heavy atom. The van der Waals surface area contributed by atoms with Crippen molar-refractivity contribution in [3.8, 4) is 6.07 Å². The van der Waals surface area contributed by atoms with E-state index in [1.807, 2.05) is 24.3 Å². The summed E-state index contributed by atoms with van der Waals surface area (Å²) in [7, 11) is 1.75. The third-order valence-electron chi connectivity index (χ3n) is 4.33. The average Bonchev–Trinajstić information content (AvgIpc) is 2.78. The van der Waals surface area contributed by atoms with Crippen molar-refractivity contribution in [1.29, 1.82) is 5.26 Å². The number of carbonyl (C=O) groups is 2. The predicted octanol–water partition coefficient (Wildman–Crippen LogP) is 3.88. The number of ketones is 1. The van der Waals surface area contributed by atoms with Gasteiger partial charge < -0.3 is 16.0 Å². The summed E-state index contributed by atoms with van der Waals surface area (Å²) in [6.07, 6.45) is 0. The Balaban J connectivity index is 1.70. The summed E-state index contributed by atoms with van der Waals surface area (Å²) in [5, 5.41) is 17.7. The Morgan fingerprint density at radius 1 is 0.897 bits per heavy atom. The average molecular weight is 384 g/mol. The maximum Gasteiger partial charge on any atom is 0.243 e. The molecule has 3 aromatic carbocycles. The summed E-state index contributed by atoms with van der Waals surface area (Å²) in [5.41, 5.74) is 3.61. The van der Waals surface area contributed by atoms with E-state index in [0.717, 1.165) is 5.69 Å². The number of hydrogen-bond acceptors (Lipinski definition) is 5. The minimum Gasteiger partial charge on any atom is -0.386 e. The lowest BCUT2D eigenvalue weighted by Gasteiger charge is -2.13. The van der Waals surface area contributed by atoms with Gasteiger partial charge in [0.05, 0.1) is 29.6 Å². The molecule has 0 unspecified atom stereocenters. The predicted molar refractivity (Wildman–Crippen MR) is 114 cm³/mol. The van der Waals surface area contributed by atoms with Gasteiger partial charge in [-0.3, -0.25) is 9.59 Å². The van der Waals surface area contributed by atoms with Crippen molar-refractivity contribution in [1.82, 2.24) is 0 Å². The number of anilines is 3. The molecule has 0 atom stereocenters. The quantitative estimate of drug-likeness (QED) is 0.538. The highest BCUT2D eigenvalue weighted by Gasteiger charge is 2.13. The van der Waals surface area contributed by atoms with E-state index in [2.05, 4.69) is 16.0 Å². The van der Waals surface area contributed by atoms with Crippen LogP contribution in [0, 0.1) is 11.3 Å². The van der Waals surface area contributed by atoms with Crippen molar-refractivity contribution in [2.75, 3.05) is 29.5 Å². The van der Waals surface area contributed by atoms with Crippen LogP contribution in [0.4, 0.5) is 17.1 Å². The lowest BCUT2D eigenvalue weighted by atomic mass is 10.0. The zero-order valence-electron chi connectivity index (χ0n) is 15.9. The SMILES string of the molecule is CNc1ccc(C(=O)c2ccccc2)cc1NC(=O)CNc1ccc(C#N)cc1. The third kappa shape index (κ3) is 4.99. The summed E-state index contributed by atoms with van der Waals surface area (Å²) in [4.78, 5) is 25.1. The molecule has 144 valence electrons. The number of rotatable bonds is 7. The molecule has 0 spiro atoms. The molecule has 0 fully saturated rings. The van der Waals surface area contributed by atoms with E-state index < -0.39 is 0 Å². The van der Waals surface area contributed by atoms with E-state index in [9.17, 15) is 9.59 Å². The molecule has 0 aliphatic rings. The minimum atomic E-state index is -0.254. The van der Waals surface area contributed by atoms with Crippen molar-refractivity contribution in [2.45, 2.75) is 0 Å². The highest BCUT2D eigenvalue weighted by atomic mass is 16.2. The number of carbonyl (C=O) groups excluding carboxylic acids is 2. The maximum absolute atomic E-state index is 12.7. The van der Waals surface area contributed by atoms with E-state index in [1.165, 1.54) is 0 Å². The van der Waals surface area contributed by atoms with Gasteiger partial charge in [-0.05, 0) is 42.5 Å². The Morgan fingerprint density at radius 3 is 2.28 bits per heavy atom. The summed E-state index contributed by atoms with van der Waals surface area (Å²) in [5.74, 6) is -0.366. The molecule has 6 heteroatoms. The molecule has 0 aromatic heterocycles. The zero-order valence-corrected chi connectivity index (χ0v) is 15.9. The molecule has 29 heavy (non-hydrogen) atoms. The summed E-state index contributed by atoms with van der Waals surface area (Å²) >= 11 is 0. The van der Waals surface area contributed by atoms with Crippen molar-refractivity contribution in [2.24, 2.45) is 0 Å². The maximum atomic E-state index is 12.7. The van der Waals surface area contributed by atoms with E-state index in [1.54, 1.807) is 61.6 Å². The van der Waals surface area contributed by atoms with Crippen LogP contribution < -0.4 is 16.0 Å². The number of nitriles is 1. The summed E-state index contributed by atoms with van der Waals surface area (Å²) < 4.78 is 0. The van der Waals surface area contributed by atoms with Crippen LogP contribution in [0.3, 0.4) is 0 Å². The molecule has 0 saturated carbocycles. The molecule has 0 bridgehead atoms. The second kappa shape index (κ2) is 9.20. The molecule has 1 amide bonds. The van der Waals surface area contributed by atoms with Gasteiger partial charge in [-0.2, -0.15) is 5.26 Å². The van der Waals surface area contributed by atoms with Crippen LogP contribution >= 0.6 is 0 Å². The van der Waals surface area contributed by atoms with Crippen molar-refractivity contribution in [3.05, 3.63) is 89.5 Å². The van der Waals surface area contributed by atoms with Crippen LogP contribution in [0.5, 0.6) is 0 Å². The first-order chi connectivity index (χ1) is 14.1. The van der Waals surface area contributed by atoms with Gasteiger partial charge in [-0.25, -0.2) is 0 Å². The smallest absolute Gasteiger partial charge is 0.243 e. The first-order valence-electron chi connectivity index (χ1n) is 9.06. The lowest BCUT2D eigenvalue weighted by molar-refractivity contribution is -0.114. The van der Waals surface area contributed by atoms with E-state index in [4.69, 9.17) is 5.26 Å². The van der Waals surface area contributed by atoms with Crippen LogP contribution in [0.25, 0.3) is 0 Å². The van der Waals surface area contributed by atoms with Crippen LogP contribution in [-0.4, -0.2) is 25.3 Å². The highest BCUT2D eigenvalue weighted by molar-refractivity contribution is 6.10. The number of hydrogen-bond donors (Lipinski definition) is 3. The normalized spacial score (nSPS) is 9.93. The summed E-state index contributed by atoms with van der Waals surface area (Å²) in [6.45, 7) is 0.0475. The van der Waals surface area contributed by atoms with Crippen LogP contribution in [-0.2, 0) is 4.79 Å². The van der Waals surface area contributed by atoms with E-state index >= 15 is 0 Å². The number of amides is 1. The molecule has 3 aromatic rings. The van der Waals surface area contributed by atoms with Crippen LogP contribution in [0.15, 0.2) is 72.8 Å². The second-order valence-corrected chi connectivity index (χ2v) is 6.30. The second-order valence-electron chi connectivity index (χ2n) is 6.30. The molecule has 0 radical (unpaired) electrons. The molecular formula is C23H20N4O2. The van der Waals surface area contributed by atoms with Crippen molar-refractivity contribution < 1.29 is 9.59 Å². The molecule has 0 aliphatic heterocycles. The molecule has 0 aliphatic carbocycles. The zero-order chi connectivity index (χ0) is 20.6. The van der Waals surface area contributed by atoms with Gasteiger partial charge >= 0.3 is 0 Å². The lowest BCUT2D eigenvalue weighted by Crippen LogP contribution is -2.22. The van der Waals surface area contributed by atoms with Crippen LogP contribution in [0.2, 0.25) is 0 Å². The van der Waals surface area contributed by atoms with Gasteiger partial charge in [-0.1, -0.05) is 30.3 Å². The Labute approximate surface area is 169 Å². The van der Waals surface area contributed by atoms with Gasteiger partial charge in [0.1, 0.15) is 0 Å². The summed E-state index contributed by atoms with van der Waals surface area (Å²) in [6, 6.07) is 23.0. The fourth-order valence-corrected chi connectivity index (χ4v) is 2.80. The van der Waals surface area contributed by atoms with Gasteiger partial charge in [0.2, 0.25) is 5.91 Å². The molecule has 6 nitrogen and oxygen atoms in total. The van der Waals surface area contributed by atoms with Crippen molar-refractivity contribution >= 4 is 28.8 Å². The van der Waals surface area contributed by atoms with Gasteiger partial charge in [0, 0.05) is 23.9 Å². The third-order valence-corrected chi connectivity index (χ3v) is 4.33. The molecule has 0 saturated heterocycles. The first-order valence-corrected chi connectivity index (χ1v) is 9.06. The van der Waals surface area contributed by atoms with E-state index in [-0.39, 0.29) is 18.2 Å². The monoisotopic (exact) mass is 384 g/mol. The largest absolute Gasteiger partial charge is 0.386 e. The van der Waals surface area contributed by atoms with Gasteiger partial charge in [0.15, 0.2) is 5.78 Å². The van der Waals surface area contributed by atoms with Crippen molar-refractivity contribution in [3.63, 3.8) is 0 Å². The standard InChI is InChI=1S/C23H20N4O2/c1-25-20-12-9-18(23(29)17-5-3-2-4-6-17)13-21(20)27-22(28)15-26-19-10-7-16(14-24)8-11-19/h2-13,25-26H,15H2,1H3,(H,27,28). The highest BCUT2D eigenvalue weighted by Crippen LogP contribution is 2.24. The Kier molecular flexibility index (Phi) is 6.23. The Bertz CT molecular complexity index is 1050. The fourth-order valence-electron chi connectivity index (χ4n) is 2.80. The number of nitrogens with zero attached hydrogens (tertiary/aromatic N) is 1. The molecule has 3 N–H and O–H groups in total. The number of benzene rings is 3. The number of nitrogens with one attached hydrogen (secondary N) is 3. The Hall–Kier alpha value is -4.11. The molecule has 0 heterocycles. The first kappa shape index (κ1) is 19.6. The van der Waals surface area contributed by atoms with E-state index in [0.29, 0.717) is 28.1 Å². The van der Waals surface area contributed by atoms with Gasteiger partial charge in [0.25, 0.3) is 0 Å². The topological polar surface area (TPSA) is 94.0 Å². The van der Waals surface area contributed by atoms with Crippen LogP contribution in [0.1, 0.15) is 21.5 Å².